The maximum atomic E-state index is 13.2. The molecule has 0 radical (unpaired) electrons. The molecule has 0 spiro atoms. The Labute approximate surface area is 183 Å². The number of carbonyl (C=O) groups excluding carboxylic acids is 3. The van der Waals surface area contributed by atoms with Crippen LogP contribution in [0, 0.1) is 6.92 Å². The summed E-state index contributed by atoms with van der Waals surface area (Å²) in [6, 6.07) is 10.9. The first kappa shape index (κ1) is 22.5. The zero-order valence-corrected chi connectivity index (χ0v) is 18.3. The Morgan fingerprint density at radius 3 is 2.61 bits per heavy atom. The number of benzene rings is 1. The second-order valence-corrected chi connectivity index (χ2v) is 7.96. The Bertz CT molecular complexity index is 909. The molecule has 1 aliphatic heterocycles. The normalized spacial score (nSPS) is 18.1. The summed E-state index contributed by atoms with van der Waals surface area (Å²) in [5.41, 5.74) is 2.06. The maximum Gasteiger partial charge on any atom is 0.269 e. The van der Waals surface area contributed by atoms with Crippen LogP contribution < -0.4 is 10.6 Å². The highest BCUT2D eigenvalue weighted by Gasteiger charge is 2.28. The summed E-state index contributed by atoms with van der Waals surface area (Å²) >= 11 is 0. The number of rotatable bonds is 4. The fourth-order valence-corrected chi connectivity index (χ4v) is 3.94. The van der Waals surface area contributed by atoms with Crippen LogP contribution in [0.3, 0.4) is 0 Å². The summed E-state index contributed by atoms with van der Waals surface area (Å²) in [7, 11) is 1.70. The number of hydrogen-bond donors (Lipinski definition) is 2. The summed E-state index contributed by atoms with van der Waals surface area (Å²) < 4.78 is 1.50. The molecule has 1 aliphatic rings. The van der Waals surface area contributed by atoms with Crippen molar-refractivity contribution in [2.75, 3.05) is 19.6 Å². The molecule has 8 heteroatoms. The predicted molar refractivity (Wildman–Crippen MR) is 117 cm³/mol. The van der Waals surface area contributed by atoms with Crippen molar-refractivity contribution in [1.82, 2.24) is 25.3 Å². The Morgan fingerprint density at radius 1 is 1.16 bits per heavy atom. The summed E-state index contributed by atoms with van der Waals surface area (Å²) in [5.74, 6) is -0.612. The van der Waals surface area contributed by atoms with Gasteiger partial charge in [-0.1, -0.05) is 43.2 Å². The first-order chi connectivity index (χ1) is 15.0. The second kappa shape index (κ2) is 10.7. The number of aryl methyl sites for hydroxylation is 2. The van der Waals surface area contributed by atoms with Crippen LogP contribution in [0.1, 0.15) is 59.9 Å². The van der Waals surface area contributed by atoms with Crippen molar-refractivity contribution >= 4 is 17.7 Å². The topological polar surface area (TPSA) is 96.3 Å². The first-order valence-electron chi connectivity index (χ1n) is 10.9. The van der Waals surface area contributed by atoms with Gasteiger partial charge in [-0.25, -0.2) is 0 Å². The van der Waals surface area contributed by atoms with E-state index in [1.165, 1.54) is 4.68 Å². The summed E-state index contributed by atoms with van der Waals surface area (Å²) in [5, 5.41) is 9.86. The van der Waals surface area contributed by atoms with Gasteiger partial charge in [0.15, 0.2) is 0 Å². The van der Waals surface area contributed by atoms with Gasteiger partial charge in [0.25, 0.3) is 5.91 Å². The van der Waals surface area contributed by atoms with E-state index in [4.69, 9.17) is 0 Å². The molecule has 1 aromatic carbocycles. The highest BCUT2D eigenvalue weighted by molar-refractivity contribution is 5.95. The third kappa shape index (κ3) is 6.16. The van der Waals surface area contributed by atoms with Gasteiger partial charge < -0.3 is 15.5 Å². The van der Waals surface area contributed by atoms with Gasteiger partial charge in [0.05, 0.1) is 24.7 Å². The summed E-state index contributed by atoms with van der Waals surface area (Å²) in [6.07, 6.45) is 4.00. The zero-order valence-electron chi connectivity index (χ0n) is 18.3. The molecule has 31 heavy (non-hydrogen) atoms. The molecule has 1 fully saturated rings. The third-order valence-corrected chi connectivity index (χ3v) is 5.54. The number of carbonyl (C=O) groups is 3. The smallest absolute Gasteiger partial charge is 0.269 e. The molecular weight excluding hydrogens is 394 g/mol. The first-order valence-corrected chi connectivity index (χ1v) is 10.9. The molecule has 1 saturated heterocycles. The predicted octanol–water partition coefficient (Wildman–Crippen LogP) is 2.11. The molecule has 3 amide bonds. The van der Waals surface area contributed by atoms with Crippen molar-refractivity contribution in [3.63, 3.8) is 0 Å². The third-order valence-electron chi connectivity index (χ3n) is 5.54. The number of aromatic nitrogens is 2. The van der Waals surface area contributed by atoms with E-state index in [1.54, 1.807) is 18.0 Å². The van der Waals surface area contributed by atoms with E-state index in [0.717, 1.165) is 36.9 Å². The Balaban J connectivity index is 1.77. The van der Waals surface area contributed by atoms with E-state index in [1.807, 2.05) is 37.3 Å². The minimum absolute atomic E-state index is 0.0667. The Hall–Kier alpha value is -3.16. The lowest BCUT2D eigenvalue weighted by molar-refractivity contribution is -0.134. The van der Waals surface area contributed by atoms with Crippen molar-refractivity contribution in [3.8, 4) is 0 Å². The maximum absolute atomic E-state index is 13.2. The lowest BCUT2D eigenvalue weighted by atomic mass is 10.0. The second-order valence-electron chi connectivity index (χ2n) is 7.96. The van der Waals surface area contributed by atoms with Crippen LogP contribution in [0.4, 0.5) is 0 Å². The number of nitrogens with one attached hydrogen (secondary N) is 2. The average Bonchev–Trinajstić information content (AvgIpc) is 3.08. The van der Waals surface area contributed by atoms with Crippen molar-refractivity contribution < 1.29 is 14.4 Å². The van der Waals surface area contributed by atoms with Gasteiger partial charge in [-0.15, -0.1) is 0 Å². The molecule has 8 nitrogen and oxygen atoms in total. The van der Waals surface area contributed by atoms with E-state index in [0.29, 0.717) is 18.8 Å². The number of amides is 3. The van der Waals surface area contributed by atoms with E-state index in [-0.39, 0.29) is 36.7 Å². The highest BCUT2D eigenvalue weighted by Crippen LogP contribution is 2.26. The molecule has 166 valence electrons. The summed E-state index contributed by atoms with van der Waals surface area (Å²) in [6.45, 7) is 2.89. The molecule has 1 atom stereocenters. The lowest BCUT2D eigenvalue weighted by Gasteiger charge is -2.32. The summed E-state index contributed by atoms with van der Waals surface area (Å²) in [4.78, 5) is 40.0. The van der Waals surface area contributed by atoms with E-state index in [9.17, 15) is 14.4 Å². The average molecular weight is 426 g/mol. The Kier molecular flexibility index (Phi) is 7.81. The monoisotopic (exact) mass is 425 g/mol. The van der Waals surface area contributed by atoms with Crippen LogP contribution in [0.15, 0.2) is 36.4 Å². The fraction of sp³-hybridized carbons (Fsp3) is 0.478. The van der Waals surface area contributed by atoms with Gasteiger partial charge >= 0.3 is 0 Å². The van der Waals surface area contributed by atoms with E-state index < -0.39 is 0 Å². The van der Waals surface area contributed by atoms with Crippen LogP contribution in [-0.4, -0.2) is 52.0 Å². The molecule has 2 heterocycles. The minimum atomic E-state index is -0.373. The van der Waals surface area contributed by atoms with Crippen LogP contribution >= 0.6 is 0 Å². The molecule has 2 N–H and O–H groups in total. The minimum Gasteiger partial charge on any atom is -0.356 e. The molecule has 0 bridgehead atoms. The largest absolute Gasteiger partial charge is 0.356 e. The zero-order chi connectivity index (χ0) is 22.2. The van der Waals surface area contributed by atoms with Gasteiger partial charge in [0.2, 0.25) is 11.8 Å². The number of hydrogen-bond acceptors (Lipinski definition) is 4. The number of nitrogens with zero attached hydrogens (tertiary/aromatic N) is 3. The molecule has 3 rings (SSSR count). The molecule has 1 unspecified atom stereocenters. The van der Waals surface area contributed by atoms with Crippen molar-refractivity contribution in [3.05, 3.63) is 53.3 Å². The quantitative estimate of drug-likeness (QED) is 0.784. The van der Waals surface area contributed by atoms with Crippen LogP contribution in [0.2, 0.25) is 0 Å². The fourth-order valence-electron chi connectivity index (χ4n) is 3.94. The SMILES string of the molecule is Cc1cc(C(=O)NCC(=O)N2CCCCCCNC(=O)CC2c2ccccc2)n(C)n1. The highest BCUT2D eigenvalue weighted by atomic mass is 16.2. The van der Waals surface area contributed by atoms with Gasteiger partial charge in [-0.3, -0.25) is 19.1 Å². The standard InChI is InChI=1S/C23H31N5O3/c1-17-14-20(27(2)26-17)23(31)25-16-22(30)28-13-9-4-3-8-12-24-21(29)15-19(28)18-10-6-5-7-11-18/h5-7,10-11,14,19H,3-4,8-9,12-13,15-16H2,1-2H3,(H,24,29)(H,25,31). The molecule has 0 aliphatic carbocycles. The molecule has 0 saturated carbocycles. The van der Waals surface area contributed by atoms with E-state index in [2.05, 4.69) is 15.7 Å². The van der Waals surface area contributed by atoms with Crippen molar-refractivity contribution in [2.45, 2.75) is 45.1 Å². The van der Waals surface area contributed by atoms with Gasteiger partial charge in [-0.05, 0) is 31.4 Å². The van der Waals surface area contributed by atoms with Crippen LogP contribution in [0.25, 0.3) is 0 Å². The molecule has 2 aromatic rings. The van der Waals surface area contributed by atoms with Crippen LogP contribution in [-0.2, 0) is 16.6 Å². The van der Waals surface area contributed by atoms with Gasteiger partial charge in [-0.2, -0.15) is 5.10 Å². The van der Waals surface area contributed by atoms with Crippen molar-refractivity contribution in [1.29, 1.82) is 0 Å². The molecular formula is C23H31N5O3. The Morgan fingerprint density at radius 2 is 1.90 bits per heavy atom. The van der Waals surface area contributed by atoms with E-state index >= 15 is 0 Å². The van der Waals surface area contributed by atoms with Gasteiger partial charge in [0.1, 0.15) is 5.69 Å². The lowest BCUT2D eigenvalue weighted by Crippen LogP contribution is -2.44. The van der Waals surface area contributed by atoms with Crippen LogP contribution in [0.5, 0.6) is 0 Å². The van der Waals surface area contributed by atoms with Crippen molar-refractivity contribution in [2.24, 2.45) is 7.05 Å². The molecule has 1 aromatic heterocycles. The van der Waals surface area contributed by atoms with Gasteiger partial charge in [0, 0.05) is 20.1 Å².